The van der Waals surface area contributed by atoms with E-state index in [-0.39, 0.29) is 11.4 Å². The molecule has 25 heavy (non-hydrogen) atoms. The average molecular weight is 389 g/mol. The van der Waals surface area contributed by atoms with Crippen LogP contribution in [-0.4, -0.2) is 50.0 Å². The minimum absolute atomic E-state index is 0.0721. The van der Waals surface area contributed by atoms with Gasteiger partial charge >= 0.3 is 5.97 Å². The smallest absolute Gasteiger partial charge is 0.310 e. The molecule has 1 atom stereocenters. The molecule has 7 nitrogen and oxygen atoms in total. The second-order valence-electron chi connectivity index (χ2n) is 6.18. The number of benzene rings is 1. The first-order valence-electron chi connectivity index (χ1n) is 7.67. The minimum atomic E-state index is -3.84. The lowest BCUT2D eigenvalue weighted by molar-refractivity contribution is -0.146. The van der Waals surface area contributed by atoms with Gasteiger partial charge < -0.3 is 10.4 Å². The summed E-state index contributed by atoms with van der Waals surface area (Å²) in [5.74, 6) is -1.00. The van der Waals surface area contributed by atoms with Crippen LogP contribution in [0.2, 0.25) is 0 Å². The second kappa shape index (κ2) is 9.21. The summed E-state index contributed by atoms with van der Waals surface area (Å²) in [5.41, 5.74) is -1.14. The molecule has 0 heterocycles. The third-order valence-electron chi connectivity index (χ3n) is 3.56. The number of carbonyl (C=O) groups excluding carboxylic acids is 1. The molecule has 0 fully saturated rings. The maximum atomic E-state index is 12.4. The van der Waals surface area contributed by atoms with Crippen molar-refractivity contribution in [2.75, 3.05) is 18.6 Å². The molecule has 0 bridgehead atoms. The van der Waals surface area contributed by atoms with Crippen LogP contribution in [0.25, 0.3) is 0 Å². The molecule has 0 aliphatic heterocycles. The molecule has 0 saturated carbocycles. The van der Waals surface area contributed by atoms with Crippen LogP contribution in [0.1, 0.15) is 20.3 Å². The van der Waals surface area contributed by atoms with Gasteiger partial charge in [-0.15, -0.1) is 0 Å². The summed E-state index contributed by atoms with van der Waals surface area (Å²) >= 11 is 1.49. The number of rotatable bonds is 10. The summed E-state index contributed by atoms with van der Waals surface area (Å²) in [4.78, 5) is 23.6. The first-order valence-corrected chi connectivity index (χ1v) is 10.6. The highest BCUT2D eigenvalue weighted by Gasteiger charge is 2.30. The molecular formula is C16H24N2O5S2. The van der Waals surface area contributed by atoms with E-state index >= 15 is 0 Å². The lowest BCUT2D eigenvalue weighted by Crippen LogP contribution is -2.49. The van der Waals surface area contributed by atoms with Crippen molar-refractivity contribution in [3.63, 3.8) is 0 Å². The summed E-state index contributed by atoms with van der Waals surface area (Å²) in [5, 5.41) is 11.6. The Bertz CT molecular complexity index is 690. The Labute approximate surface area is 152 Å². The number of hydrogen-bond donors (Lipinski definition) is 3. The van der Waals surface area contributed by atoms with Gasteiger partial charge in [-0.3, -0.25) is 9.59 Å². The predicted molar refractivity (Wildman–Crippen MR) is 98.0 cm³/mol. The number of carboxylic acid groups (broad SMARTS) is 1. The fraction of sp³-hybridized carbons (Fsp3) is 0.500. The lowest BCUT2D eigenvalue weighted by atomic mass is 9.94. The zero-order valence-electron chi connectivity index (χ0n) is 14.5. The third kappa shape index (κ3) is 6.68. The molecule has 1 amide bonds. The molecule has 3 N–H and O–H groups in total. The van der Waals surface area contributed by atoms with Crippen LogP contribution >= 0.6 is 11.8 Å². The van der Waals surface area contributed by atoms with Crippen molar-refractivity contribution in [3.05, 3.63) is 30.3 Å². The maximum Gasteiger partial charge on any atom is 0.310 e. The van der Waals surface area contributed by atoms with E-state index in [0.29, 0.717) is 12.2 Å². The molecule has 1 aromatic rings. The van der Waals surface area contributed by atoms with Crippen LogP contribution in [-0.2, 0) is 19.6 Å². The van der Waals surface area contributed by atoms with E-state index in [1.165, 1.54) is 37.7 Å². The molecule has 1 rings (SSSR count). The molecule has 1 unspecified atom stereocenters. The molecule has 0 aromatic heterocycles. The molecule has 140 valence electrons. The summed E-state index contributed by atoms with van der Waals surface area (Å²) in [7, 11) is -3.84. The Morgan fingerprint density at radius 3 is 2.36 bits per heavy atom. The second-order valence-corrected chi connectivity index (χ2v) is 8.87. The van der Waals surface area contributed by atoms with E-state index in [1.54, 1.807) is 18.2 Å². The summed E-state index contributed by atoms with van der Waals surface area (Å²) < 4.78 is 27.3. The fourth-order valence-corrected chi connectivity index (χ4v) is 3.56. The predicted octanol–water partition coefficient (Wildman–Crippen LogP) is 1.31. The van der Waals surface area contributed by atoms with Crippen LogP contribution in [0.5, 0.6) is 0 Å². The van der Waals surface area contributed by atoms with Crippen molar-refractivity contribution in [2.24, 2.45) is 5.41 Å². The van der Waals surface area contributed by atoms with Crippen LogP contribution in [0.3, 0.4) is 0 Å². The molecule has 9 heteroatoms. The fourth-order valence-electron chi connectivity index (χ4n) is 1.84. The van der Waals surface area contributed by atoms with Gasteiger partial charge in [0.05, 0.1) is 10.3 Å². The molecule has 0 saturated heterocycles. The van der Waals surface area contributed by atoms with Crippen molar-refractivity contribution in [3.8, 4) is 0 Å². The Morgan fingerprint density at radius 2 is 1.84 bits per heavy atom. The standard InChI is InChI=1S/C16H24N2O5S2/c1-16(2,15(20)21)11-17-14(19)13(9-10-24-3)18-25(22,23)12-7-5-4-6-8-12/h4-8,13,18H,9-11H2,1-3H3,(H,17,19)(H,20,21). The van der Waals surface area contributed by atoms with Crippen LogP contribution in [0, 0.1) is 5.41 Å². The summed E-state index contributed by atoms with van der Waals surface area (Å²) in [6, 6.07) is 6.81. The van der Waals surface area contributed by atoms with Gasteiger partial charge in [-0.2, -0.15) is 16.5 Å². The molecule has 0 aliphatic rings. The van der Waals surface area contributed by atoms with E-state index in [9.17, 15) is 18.0 Å². The van der Waals surface area contributed by atoms with Gasteiger partial charge in [-0.05, 0) is 44.4 Å². The highest BCUT2D eigenvalue weighted by molar-refractivity contribution is 7.98. The van der Waals surface area contributed by atoms with E-state index in [0.717, 1.165) is 0 Å². The van der Waals surface area contributed by atoms with Crippen LogP contribution in [0.4, 0.5) is 0 Å². The van der Waals surface area contributed by atoms with Crippen molar-refractivity contribution in [1.82, 2.24) is 10.0 Å². The Hall–Kier alpha value is -1.58. The number of thioether (sulfide) groups is 1. The summed E-state index contributed by atoms with van der Waals surface area (Å²) in [6.45, 7) is 2.88. The quantitative estimate of drug-likeness (QED) is 0.557. The van der Waals surface area contributed by atoms with Crippen molar-refractivity contribution < 1.29 is 23.1 Å². The Morgan fingerprint density at radius 1 is 1.24 bits per heavy atom. The number of carboxylic acids is 1. The minimum Gasteiger partial charge on any atom is -0.481 e. The monoisotopic (exact) mass is 388 g/mol. The number of carbonyl (C=O) groups is 2. The van der Waals surface area contributed by atoms with E-state index in [2.05, 4.69) is 10.0 Å². The number of sulfonamides is 1. The van der Waals surface area contributed by atoms with Crippen molar-refractivity contribution in [1.29, 1.82) is 0 Å². The largest absolute Gasteiger partial charge is 0.481 e. The van der Waals surface area contributed by atoms with Gasteiger partial charge in [0.2, 0.25) is 15.9 Å². The van der Waals surface area contributed by atoms with Gasteiger partial charge in [-0.1, -0.05) is 18.2 Å². The third-order valence-corrected chi connectivity index (χ3v) is 5.69. The van der Waals surface area contributed by atoms with Gasteiger partial charge in [0.15, 0.2) is 0 Å². The van der Waals surface area contributed by atoms with E-state index in [1.807, 2.05) is 6.26 Å². The molecule has 0 aliphatic carbocycles. The number of hydrogen-bond acceptors (Lipinski definition) is 5. The molecule has 0 spiro atoms. The first kappa shape index (κ1) is 21.5. The Balaban J connectivity index is 2.86. The van der Waals surface area contributed by atoms with E-state index < -0.39 is 33.4 Å². The molecule has 0 radical (unpaired) electrons. The topological polar surface area (TPSA) is 113 Å². The van der Waals surface area contributed by atoms with E-state index in [4.69, 9.17) is 5.11 Å². The highest BCUT2D eigenvalue weighted by atomic mass is 32.2. The zero-order chi connectivity index (χ0) is 19.1. The SMILES string of the molecule is CSCCC(NS(=O)(=O)c1ccccc1)C(=O)NCC(C)(C)C(=O)O. The van der Waals surface area contributed by atoms with Crippen molar-refractivity contribution >= 4 is 33.7 Å². The van der Waals surface area contributed by atoms with Crippen LogP contribution in [0.15, 0.2) is 35.2 Å². The number of aliphatic carboxylic acids is 1. The van der Waals surface area contributed by atoms with Gasteiger partial charge in [0.1, 0.15) is 6.04 Å². The summed E-state index contributed by atoms with van der Waals surface area (Å²) in [6.07, 6.45) is 2.15. The lowest BCUT2D eigenvalue weighted by Gasteiger charge is -2.23. The van der Waals surface area contributed by atoms with Gasteiger partial charge in [0, 0.05) is 6.54 Å². The number of nitrogens with one attached hydrogen (secondary N) is 2. The molecular weight excluding hydrogens is 364 g/mol. The zero-order valence-corrected chi connectivity index (χ0v) is 16.1. The van der Waals surface area contributed by atoms with Gasteiger partial charge in [-0.25, -0.2) is 8.42 Å². The Kier molecular flexibility index (Phi) is 7.91. The van der Waals surface area contributed by atoms with Crippen LogP contribution < -0.4 is 10.0 Å². The van der Waals surface area contributed by atoms with Gasteiger partial charge in [0.25, 0.3) is 0 Å². The maximum absolute atomic E-state index is 12.4. The average Bonchev–Trinajstić information content (AvgIpc) is 2.57. The van der Waals surface area contributed by atoms with Crippen molar-refractivity contribution in [2.45, 2.75) is 31.2 Å². The normalized spacial score (nSPS) is 13.2. The first-order chi connectivity index (χ1) is 11.6. The molecule has 1 aromatic carbocycles. The highest BCUT2D eigenvalue weighted by Crippen LogP contribution is 2.14. The number of amides is 1.